The summed E-state index contributed by atoms with van der Waals surface area (Å²) in [6.07, 6.45) is 0. The van der Waals surface area contributed by atoms with Crippen molar-refractivity contribution in [2.45, 2.75) is 20.4 Å². The molecule has 3 heteroatoms. The first-order valence-electron chi connectivity index (χ1n) is 6.00. The SMILES string of the molecule is COc1cc(CNc2cccc(C)n2)ccc1C. The second kappa shape index (κ2) is 5.54. The minimum atomic E-state index is 0.743. The molecular formula is C15H18N2O. The lowest BCUT2D eigenvalue weighted by Gasteiger charge is -2.09. The fourth-order valence-electron chi connectivity index (χ4n) is 1.81. The molecule has 0 amide bonds. The highest BCUT2D eigenvalue weighted by Crippen LogP contribution is 2.19. The van der Waals surface area contributed by atoms with Gasteiger partial charge in [-0.1, -0.05) is 18.2 Å². The van der Waals surface area contributed by atoms with E-state index in [0.717, 1.165) is 29.4 Å². The van der Waals surface area contributed by atoms with Gasteiger partial charge >= 0.3 is 0 Å². The fraction of sp³-hybridized carbons (Fsp3) is 0.267. The van der Waals surface area contributed by atoms with Crippen LogP contribution in [0, 0.1) is 13.8 Å². The number of hydrogen-bond donors (Lipinski definition) is 1. The van der Waals surface area contributed by atoms with Crippen LogP contribution in [0.5, 0.6) is 5.75 Å². The first-order valence-corrected chi connectivity index (χ1v) is 6.00. The molecule has 3 nitrogen and oxygen atoms in total. The zero-order valence-corrected chi connectivity index (χ0v) is 11.0. The van der Waals surface area contributed by atoms with Crippen LogP contribution in [-0.2, 0) is 6.54 Å². The van der Waals surface area contributed by atoms with Gasteiger partial charge in [0.2, 0.25) is 0 Å². The fourth-order valence-corrected chi connectivity index (χ4v) is 1.81. The molecule has 2 rings (SSSR count). The number of anilines is 1. The Bertz CT molecular complexity index is 538. The van der Waals surface area contributed by atoms with E-state index in [4.69, 9.17) is 4.74 Å². The predicted octanol–water partition coefficient (Wildman–Crippen LogP) is 3.32. The molecule has 18 heavy (non-hydrogen) atoms. The second-order valence-corrected chi connectivity index (χ2v) is 4.32. The number of ether oxygens (including phenoxy) is 1. The van der Waals surface area contributed by atoms with E-state index in [1.807, 2.05) is 32.0 Å². The number of hydrogen-bond acceptors (Lipinski definition) is 3. The van der Waals surface area contributed by atoms with Crippen molar-refractivity contribution in [3.8, 4) is 5.75 Å². The standard InChI is InChI=1S/C15H18N2O/c1-11-7-8-13(9-14(11)18-3)10-16-15-6-4-5-12(2)17-15/h4-9H,10H2,1-3H3,(H,16,17). The Kier molecular flexibility index (Phi) is 3.82. The topological polar surface area (TPSA) is 34.1 Å². The molecule has 0 spiro atoms. The van der Waals surface area contributed by atoms with Gasteiger partial charge < -0.3 is 10.1 Å². The smallest absolute Gasteiger partial charge is 0.126 e. The van der Waals surface area contributed by atoms with Crippen molar-refractivity contribution in [2.24, 2.45) is 0 Å². The quantitative estimate of drug-likeness (QED) is 0.893. The summed E-state index contributed by atoms with van der Waals surface area (Å²) in [5, 5.41) is 3.31. The van der Waals surface area contributed by atoms with E-state index in [2.05, 4.69) is 28.5 Å². The lowest BCUT2D eigenvalue weighted by molar-refractivity contribution is 0.411. The Labute approximate surface area is 108 Å². The maximum absolute atomic E-state index is 5.31. The first-order chi connectivity index (χ1) is 8.69. The maximum atomic E-state index is 5.31. The van der Waals surface area contributed by atoms with Gasteiger partial charge in [0.25, 0.3) is 0 Å². The molecule has 1 aromatic carbocycles. The van der Waals surface area contributed by atoms with Gasteiger partial charge in [-0.05, 0) is 43.2 Å². The van der Waals surface area contributed by atoms with Crippen LogP contribution < -0.4 is 10.1 Å². The molecule has 0 aliphatic heterocycles. The zero-order chi connectivity index (χ0) is 13.0. The van der Waals surface area contributed by atoms with Gasteiger partial charge in [0.15, 0.2) is 0 Å². The van der Waals surface area contributed by atoms with Gasteiger partial charge in [-0.3, -0.25) is 0 Å². The number of benzene rings is 1. The third-order valence-corrected chi connectivity index (χ3v) is 2.83. The highest BCUT2D eigenvalue weighted by Gasteiger charge is 2.01. The van der Waals surface area contributed by atoms with Crippen LogP contribution in [0.3, 0.4) is 0 Å². The van der Waals surface area contributed by atoms with E-state index in [1.54, 1.807) is 7.11 Å². The Balaban J connectivity index is 2.06. The molecule has 0 bridgehead atoms. The molecule has 0 unspecified atom stereocenters. The monoisotopic (exact) mass is 242 g/mol. The highest BCUT2D eigenvalue weighted by molar-refractivity contribution is 5.40. The average Bonchev–Trinajstić information content (AvgIpc) is 2.38. The molecule has 0 radical (unpaired) electrons. The third kappa shape index (κ3) is 3.00. The maximum Gasteiger partial charge on any atom is 0.126 e. The molecular weight excluding hydrogens is 224 g/mol. The lowest BCUT2D eigenvalue weighted by atomic mass is 10.1. The van der Waals surface area contributed by atoms with Crippen molar-refractivity contribution < 1.29 is 4.74 Å². The van der Waals surface area contributed by atoms with Crippen molar-refractivity contribution in [3.63, 3.8) is 0 Å². The molecule has 1 aromatic heterocycles. The normalized spacial score (nSPS) is 10.2. The number of methoxy groups -OCH3 is 1. The van der Waals surface area contributed by atoms with Crippen molar-refractivity contribution in [1.82, 2.24) is 4.98 Å². The van der Waals surface area contributed by atoms with Gasteiger partial charge in [0.1, 0.15) is 11.6 Å². The van der Waals surface area contributed by atoms with E-state index in [-0.39, 0.29) is 0 Å². The van der Waals surface area contributed by atoms with Crippen LogP contribution in [0.15, 0.2) is 36.4 Å². The number of nitrogens with zero attached hydrogens (tertiary/aromatic N) is 1. The van der Waals surface area contributed by atoms with Crippen LogP contribution in [0.1, 0.15) is 16.8 Å². The van der Waals surface area contributed by atoms with Gasteiger partial charge in [-0.2, -0.15) is 0 Å². The van der Waals surface area contributed by atoms with Crippen molar-refractivity contribution >= 4 is 5.82 Å². The molecule has 0 aliphatic rings. The molecule has 94 valence electrons. The van der Waals surface area contributed by atoms with Crippen molar-refractivity contribution in [3.05, 3.63) is 53.2 Å². The minimum absolute atomic E-state index is 0.743. The van der Waals surface area contributed by atoms with Crippen LogP contribution >= 0.6 is 0 Å². The summed E-state index contributed by atoms with van der Waals surface area (Å²) in [6, 6.07) is 12.2. The number of pyridine rings is 1. The van der Waals surface area contributed by atoms with E-state index in [1.165, 1.54) is 5.56 Å². The van der Waals surface area contributed by atoms with Gasteiger partial charge in [0, 0.05) is 12.2 Å². The van der Waals surface area contributed by atoms with Crippen LogP contribution in [0.25, 0.3) is 0 Å². The highest BCUT2D eigenvalue weighted by atomic mass is 16.5. The Morgan fingerprint density at radius 3 is 2.72 bits per heavy atom. The second-order valence-electron chi connectivity index (χ2n) is 4.32. The first kappa shape index (κ1) is 12.4. The number of rotatable bonds is 4. The summed E-state index contributed by atoms with van der Waals surface area (Å²) in [6.45, 7) is 4.77. The zero-order valence-electron chi connectivity index (χ0n) is 11.0. The third-order valence-electron chi connectivity index (χ3n) is 2.83. The van der Waals surface area contributed by atoms with E-state index in [0.29, 0.717) is 0 Å². The largest absolute Gasteiger partial charge is 0.496 e. The number of nitrogens with one attached hydrogen (secondary N) is 1. The van der Waals surface area contributed by atoms with Gasteiger partial charge in [0.05, 0.1) is 7.11 Å². The van der Waals surface area contributed by atoms with Crippen LogP contribution in [0.4, 0.5) is 5.82 Å². The summed E-state index contributed by atoms with van der Waals surface area (Å²) in [4.78, 5) is 4.41. The molecule has 0 aliphatic carbocycles. The average molecular weight is 242 g/mol. The van der Waals surface area contributed by atoms with Crippen LogP contribution in [-0.4, -0.2) is 12.1 Å². The molecule has 0 atom stereocenters. The molecule has 0 fully saturated rings. The summed E-state index contributed by atoms with van der Waals surface area (Å²) in [7, 11) is 1.70. The molecule has 0 saturated heterocycles. The number of aryl methyl sites for hydroxylation is 2. The molecule has 1 heterocycles. The summed E-state index contributed by atoms with van der Waals surface area (Å²) < 4.78 is 5.31. The van der Waals surface area contributed by atoms with E-state index in [9.17, 15) is 0 Å². The molecule has 1 N–H and O–H groups in total. The van der Waals surface area contributed by atoms with E-state index >= 15 is 0 Å². The van der Waals surface area contributed by atoms with Crippen molar-refractivity contribution in [1.29, 1.82) is 0 Å². The molecule has 2 aromatic rings. The van der Waals surface area contributed by atoms with Crippen LogP contribution in [0.2, 0.25) is 0 Å². The minimum Gasteiger partial charge on any atom is -0.496 e. The Morgan fingerprint density at radius 1 is 1.17 bits per heavy atom. The van der Waals surface area contributed by atoms with Gasteiger partial charge in [-0.15, -0.1) is 0 Å². The summed E-state index contributed by atoms with van der Waals surface area (Å²) >= 11 is 0. The summed E-state index contributed by atoms with van der Waals surface area (Å²) in [5.74, 6) is 1.82. The molecule has 0 saturated carbocycles. The predicted molar refractivity (Wildman–Crippen MR) is 74.0 cm³/mol. The number of aromatic nitrogens is 1. The Morgan fingerprint density at radius 2 is 2.00 bits per heavy atom. The Hall–Kier alpha value is -2.03. The van der Waals surface area contributed by atoms with E-state index < -0.39 is 0 Å². The van der Waals surface area contributed by atoms with Crippen molar-refractivity contribution in [2.75, 3.05) is 12.4 Å². The lowest BCUT2D eigenvalue weighted by Crippen LogP contribution is -2.02. The van der Waals surface area contributed by atoms with Gasteiger partial charge in [-0.25, -0.2) is 4.98 Å². The summed E-state index contributed by atoms with van der Waals surface area (Å²) in [5.41, 5.74) is 3.34.